The van der Waals surface area contributed by atoms with Gasteiger partial charge >= 0.3 is 12.4 Å². The molecule has 0 radical (unpaired) electrons. The Morgan fingerprint density at radius 3 is 2.19 bits per heavy atom. The van der Waals surface area contributed by atoms with Gasteiger partial charge in [-0.3, -0.25) is 15.6 Å². The largest absolute Gasteiger partial charge is 0.417 e. The molecule has 2 aromatic carbocycles. The molecule has 1 atom stereocenters. The number of carbonyl (C=O) groups excluding carboxylic acids is 1. The maximum atomic E-state index is 14.9. The highest BCUT2D eigenvalue weighted by atomic mass is 79.9. The predicted octanol–water partition coefficient (Wildman–Crippen LogP) is 7.43. The third-order valence-corrected chi connectivity index (χ3v) is 6.55. The number of amides is 1. The number of allylic oxidation sites excluding steroid dienone is 1. The molecule has 0 aliphatic heterocycles. The number of rotatable bonds is 6. The van der Waals surface area contributed by atoms with Gasteiger partial charge in [0.2, 0.25) is 5.95 Å². The fraction of sp³-hybridized carbons (Fsp3) is 0.136. The molecule has 3 aromatic rings. The first-order valence-electron chi connectivity index (χ1n) is 9.71. The van der Waals surface area contributed by atoms with Gasteiger partial charge in [0.1, 0.15) is 11.7 Å². The van der Waals surface area contributed by atoms with Crippen LogP contribution in [-0.4, -0.2) is 22.1 Å². The first kappa shape index (κ1) is 27.6. The van der Waals surface area contributed by atoms with E-state index in [-0.39, 0.29) is 28.1 Å². The van der Waals surface area contributed by atoms with Gasteiger partial charge in [-0.2, -0.15) is 26.3 Å². The van der Waals surface area contributed by atoms with Crippen LogP contribution in [0.3, 0.4) is 0 Å². The summed E-state index contributed by atoms with van der Waals surface area (Å²) in [6.07, 6.45) is -7.25. The second-order valence-electron chi connectivity index (χ2n) is 7.12. The van der Waals surface area contributed by atoms with Crippen molar-refractivity contribution >= 4 is 49.5 Å². The van der Waals surface area contributed by atoms with Crippen molar-refractivity contribution in [3.63, 3.8) is 0 Å². The molecule has 0 aliphatic rings. The van der Waals surface area contributed by atoms with Crippen molar-refractivity contribution in [3.8, 4) is 0 Å². The summed E-state index contributed by atoms with van der Waals surface area (Å²) in [7, 11) is 0. The topological polar surface area (TPSA) is 66.9 Å². The van der Waals surface area contributed by atoms with Crippen LogP contribution in [0.5, 0.6) is 0 Å². The Hall–Kier alpha value is -3.00. The van der Waals surface area contributed by atoms with Crippen molar-refractivity contribution in [1.29, 1.82) is 0 Å². The van der Waals surface area contributed by atoms with Crippen LogP contribution in [-0.2, 0) is 6.18 Å². The fourth-order valence-corrected chi connectivity index (χ4v) is 3.64. The minimum absolute atomic E-state index is 0.109. The fourth-order valence-electron chi connectivity index (χ4n) is 3.00. The van der Waals surface area contributed by atoms with E-state index in [0.29, 0.717) is 10.5 Å². The van der Waals surface area contributed by atoms with Gasteiger partial charge < -0.3 is 0 Å². The van der Waals surface area contributed by atoms with Gasteiger partial charge in [0.15, 0.2) is 0 Å². The number of aromatic nitrogens is 2. The summed E-state index contributed by atoms with van der Waals surface area (Å²) in [4.78, 5) is 19.8. The Kier molecular flexibility index (Phi) is 8.39. The smallest absolute Gasteiger partial charge is 0.267 e. The number of benzene rings is 2. The molecular weight excluding hydrogens is 629 g/mol. The van der Waals surface area contributed by atoms with Crippen LogP contribution in [0.15, 0.2) is 69.9 Å². The normalized spacial score (nSPS) is 13.3. The van der Waals surface area contributed by atoms with Gasteiger partial charge in [-0.15, -0.1) is 0 Å². The lowest BCUT2D eigenvalue weighted by Gasteiger charge is -2.19. The van der Waals surface area contributed by atoms with Crippen molar-refractivity contribution in [1.82, 2.24) is 15.4 Å². The third-order valence-electron chi connectivity index (χ3n) is 4.67. The molecule has 1 heterocycles. The number of anilines is 1. The maximum absolute atomic E-state index is 14.9. The SMILES string of the molecule is O=C(NNc1ncccn1)c1ccc(C(F)=CC(c2ccc(Br)c(Br)c2)C(F)(F)F)cc1C(F)(F)F. The summed E-state index contributed by atoms with van der Waals surface area (Å²) in [6.45, 7) is 0. The molecule has 0 aliphatic carbocycles. The summed E-state index contributed by atoms with van der Waals surface area (Å²) < 4.78 is 97.7. The molecule has 190 valence electrons. The zero-order valence-electron chi connectivity index (χ0n) is 17.6. The van der Waals surface area contributed by atoms with E-state index in [1.165, 1.54) is 24.5 Å². The molecule has 36 heavy (non-hydrogen) atoms. The van der Waals surface area contributed by atoms with Crippen LogP contribution >= 0.6 is 31.9 Å². The highest BCUT2D eigenvalue weighted by molar-refractivity contribution is 9.13. The van der Waals surface area contributed by atoms with Gasteiger partial charge in [-0.25, -0.2) is 14.4 Å². The molecule has 2 N–H and O–H groups in total. The molecule has 0 bridgehead atoms. The molecule has 3 rings (SSSR count). The minimum Gasteiger partial charge on any atom is -0.267 e. The van der Waals surface area contributed by atoms with Crippen LogP contribution in [0.25, 0.3) is 5.83 Å². The van der Waals surface area contributed by atoms with Crippen LogP contribution in [0.2, 0.25) is 0 Å². The van der Waals surface area contributed by atoms with E-state index in [2.05, 4.69) is 47.3 Å². The second-order valence-corrected chi connectivity index (χ2v) is 8.83. The average Bonchev–Trinajstić information content (AvgIpc) is 2.81. The summed E-state index contributed by atoms with van der Waals surface area (Å²) in [5.41, 5.74) is 0.629. The van der Waals surface area contributed by atoms with E-state index < -0.39 is 46.7 Å². The lowest BCUT2D eigenvalue weighted by molar-refractivity contribution is -0.140. The Balaban J connectivity index is 1.96. The minimum atomic E-state index is -5.12. The molecule has 1 aromatic heterocycles. The molecule has 5 nitrogen and oxygen atoms in total. The van der Waals surface area contributed by atoms with Crippen molar-refractivity contribution in [2.24, 2.45) is 0 Å². The number of nitrogens with zero attached hydrogens (tertiary/aromatic N) is 2. The van der Waals surface area contributed by atoms with Gasteiger partial charge in [-0.05, 0) is 73.8 Å². The number of carbonyl (C=O) groups is 1. The molecule has 1 amide bonds. The predicted molar refractivity (Wildman–Crippen MR) is 124 cm³/mol. The molecule has 0 spiro atoms. The van der Waals surface area contributed by atoms with Crippen molar-refractivity contribution in [2.45, 2.75) is 18.3 Å². The Bertz CT molecular complexity index is 1280. The maximum Gasteiger partial charge on any atom is 0.417 e. The van der Waals surface area contributed by atoms with E-state index in [1.807, 2.05) is 5.43 Å². The lowest BCUT2D eigenvalue weighted by Crippen LogP contribution is -2.32. The lowest BCUT2D eigenvalue weighted by atomic mass is 9.95. The van der Waals surface area contributed by atoms with Crippen LogP contribution in [0.1, 0.15) is 33.0 Å². The van der Waals surface area contributed by atoms with Gasteiger partial charge in [0.25, 0.3) is 5.91 Å². The van der Waals surface area contributed by atoms with E-state index in [9.17, 15) is 35.5 Å². The monoisotopic (exact) mass is 640 g/mol. The van der Waals surface area contributed by atoms with Gasteiger partial charge in [0.05, 0.1) is 11.1 Å². The van der Waals surface area contributed by atoms with Crippen LogP contribution < -0.4 is 10.9 Å². The van der Waals surface area contributed by atoms with Gasteiger partial charge in [-0.1, -0.05) is 12.1 Å². The van der Waals surface area contributed by atoms with E-state index in [0.717, 1.165) is 18.2 Å². The van der Waals surface area contributed by atoms with Crippen LogP contribution in [0, 0.1) is 0 Å². The number of nitrogens with one attached hydrogen (secondary N) is 2. The Labute approximate surface area is 216 Å². The Morgan fingerprint density at radius 2 is 1.61 bits per heavy atom. The molecule has 1 unspecified atom stereocenters. The molecule has 0 saturated heterocycles. The quantitative estimate of drug-likeness (QED) is 0.217. The van der Waals surface area contributed by atoms with E-state index >= 15 is 0 Å². The van der Waals surface area contributed by atoms with Crippen LogP contribution in [0.4, 0.5) is 36.7 Å². The zero-order valence-corrected chi connectivity index (χ0v) is 20.7. The molecule has 14 heteroatoms. The molecular formula is C22H13Br2F7N4O. The average molecular weight is 642 g/mol. The first-order valence-corrected chi connectivity index (χ1v) is 11.3. The van der Waals surface area contributed by atoms with E-state index in [4.69, 9.17) is 0 Å². The number of alkyl halides is 6. The summed E-state index contributed by atoms with van der Waals surface area (Å²) in [5, 5.41) is 0. The zero-order chi connectivity index (χ0) is 26.7. The summed E-state index contributed by atoms with van der Waals surface area (Å²) in [5.74, 6) is -5.36. The van der Waals surface area contributed by atoms with Crippen molar-refractivity contribution in [2.75, 3.05) is 5.43 Å². The third kappa shape index (κ3) is 6.81. The van der Waals surface area contributed by atoms with E-state index in [1.54, 1.807) is 0 Å². The standard InChI is InChI=1S/C22H13Br2F7N4O/c23-16-5-3-11(9-17(16)24)14(21(26,27)28)10-18(25)12-2-4-13(15(8-12)22(29,30)31)19(36)34-35-20-32-6-1-7-33-20/h1-10,14H,(H,34,36)(H,32,33,35). The molecule has 0 fully saturated rings. The highest BCUT2D eigenvalue weighted by Gasteiger charge is 2.40. The summed E-state index contributed by atoms with van der Waals surface area (Å²) in [6, 6.07) is 6.71. The number of hydrogen-bond acceptors (Lipinski definition) is 4. The molecule has 0 saturated carbocycles. The van der Waals surface area contributed by atoms with Crippen molar-refractivity contribution < 1.29 is 35.5 Å². The van der Waals surface area contributed by atoms with Crippen molar-refractivity contribution in [3.05, 3.63) is 92.1 Å². The second kappa shape index (κ2) is 10.9. The van der Waals surface area contributed by atoms with Gasteiger partial charge in [0, 0.05) is 26.9 Å². The number of halogens is 9. The highest BCUT2D eigenvalue weighted by Crippen LogP contribution is 2.41. The number of hydrazine groups is 1. The summed E-state index contributed by atoms with van der Waals surface area (Å²) >= 11 is 6.19. The first-order chi connectivity index (χ1) is 16.8. The Morgan fingerprint density at radius 1 is 0.944 bits per heavy atom. The number of hydrogen-bond donors (Lipinski definition) is 2.